The van der Waals surface area contributed by atoms with Gasteiger partial charge in [0.15, 0.2) is 0 Å². The number of carbonyl (C=O) groups is 1. The minimum atomic E-state index is -0.00783. The lowest BCUT2D eigenvalue weighted by molar-refractivity contribution is 0.0858. The zero-order chi connectivity index (χ0) is 14.3. The van der Waals surface area contributed by atoms with Gasteiger partial charge in [-0.15, -0.1) is 0 Å². The molecule has 2 radical (unpaired) electrons. The maximum atomic E-state index is 12.6. The summed E-state index contributed by atoms with van der Waals surface area (Å²) in [6.07, 6.45) is 0. The Hall–Kier alpha value is -2.23. The Morgan fingerprint density at radius 3 is 3.00 bits per heavy atom. The lowest BCUT2D eigenvalue weighted by atomic mass is 9.45. The molecule has 3 aliphatic rings. The van der Waals surface area contributed by atoms with Crippen molar-refractivity contribution in [1.82, 2.24) is 4.90 Å². The number of amides is 1. The standard InChI is InChI=1S/C15H10B2N2O2/c16-17-11-6-19-14(18-13(11)17)12-9(15(19)21)4-2-7-1-3-8(20)5-10(7)12/h1-5,11,13,20H,6H2/t11-,13+/m1/s1. The number of hydrogen-bond acceptors (Lipinski definition) is 3. The molecule has 1 fully saturated rings. The summed E-state index contributed by atoms with van der Waals surface area (Å²) in [7, 11) is 5.99. The zero-order valence-corrected chi connectivity index (χ0v) is 11.2. The van der Waals surface area contributed by atoms with Crippen LogP contribution in [0.3, 0.4) is 0 Å². The van der Waals surface area contributed by atoms with E-state index in [0.717, 1.165) is 22.2 Å². The van der Waals surface area contributed by atoms with Crippen LogP contribution in [-0.2, 0) is 0 Å². The Bertz CT molecular complexity index is 864. The summed E-state index contributed by atoms with van der Waals surface area (Å²) < 4.78 is 0. The number of nitrogens with zero attached hydrogens (tertiary/aromatic N) is 2. The number of phenols is 1. The summed E-state index contributed by atoms with van der Waals surface area (Å²) in [5.41, 5.74) is 1.51. The third-order valence-electron chi connectivity index (χ3n) is 4.81. The van der Waals surface area contributed by atoms with Crippen molar-refractivity contribution in [3.63, 3.8) is 0 Å². The molecule has 0 aliphatic carbocycles. The van der Waals surface area contributed by atoms with E-state index in [-0.39, 0.29) is 24.2 Å². The first kappa shape index (κ1) is 11.4. The first-order valence-electron chi connectivity index (χ1n) is 7.06. The van der Waals surface area contributed by atoms with E-state index in [1.807, 2.05) is 18.2 Å². The Balaban J connectivity index is 1.83. The lowest BCUT2D eigenvalue weighted by Crippen LogP contribution is -2.34. The van der Waals surface area contributed by atoms with Gasteiger partial charge in [-0.2, -0.15) is 0 Å². The van der Waals surface area contributed by atoms with Gasteiger partial charge in [0.25, 0.3) is 5.91 Å². The molecule has 98 valence electrons. The number of aliphatic imine (C=N–C) groups is 1. The fraction of sp³-hybridized carbons (Fsp3) is 0.200. The van der Waals surface area contributed by atoms with E-state index >= 15 is 0 Å². The van der Waals surface area contributed by atoms with Crippen LogP contribution < -0.4 is 0 Å². The topological polar surface area (TPSA) is 52.9 Å². The number of aromatic hydroxyl groups is 1. The Kier molecular flexibility index (Phi) is 1.91. The summed E-state index contributed by atoms with van der Waals surface area (Å²) in [6.45, 7) is 0.723. The highest BCUT2D eigenvalue weighted by atomic mass is 16.3. The smallest absolute Gasteiger partial charge is 0.260 e. The van der Waals surface area contributed by atoms with E-state index in [1.54, 1.807) is 17.0 Å². The Morgan fingerprint density at radius 1 is 1.33 bits per heavy atom. The number of amidine groups is 1. The minimum absolute atomic E-state index is 0.00783. The molecule has 0 bridgehead atoms. The van der Waals surface area contributed by atoms with Crippen LogP contribution in [0.15, 0.2) is 35.3 Å². The molecule has 0 spiro atoms. The molecule has 0 unspecified atom stereocenters. The normalized spacial score (nSPS) is 25.5. The molecular formula is C15H10B2N2O2. The van der Waals surface area contributed by atoms with Crippen LogP contribution in [0.5, 0.6) is 5.75 Å². The highest BCUT2D eigenvalue weighted by molar-refractivity contribution is 7.12. The van der Waals surface area contributed by atoms with Crippen LogP contribution in [0.2, 0.25) is 5.82 Å². The van der Waals surface area contributed by atoms with Crippen LogP contribution in [0.25, 0.3) is 10.8 Å². The predicted octanol–water partition coefficient (Wildman–Crippen LogP) is 1.21. The van der Waals surface area contributed by atoms with Crippen molar-refractivity contribution in [2.45, 2.75) is 11.8 Å². The zero-order valence-electron chi connectivity index (χ0n) is 11.2. The summed E-state index contributed by atoms with van der Waals surface area (Å²) in [4.78, 5) is 19.0. The summed E-state index contributed by atoms with van der Waals surface area (Å²) in [6, 6.07) is 8.97. The fourth-order valence-corrected chi connectivity index (χ4v) is 3.55. The average Bonchev–Trinajstić information content (AvgIpc) is 3.03. The van der Waals surface area contributed by atoms with Gasteiger partial charge in [0.05, 0.1) is 5.56 Å². The maximum Gasteiger partial charge on any atom is 0.260 e. The van der Waals surface area contributed by atoms with Gasteiger partial charge in [0.2, 0.25) is 0 Å². The van der Waals surface area contributed by atoms with Gasteiger partial charge in [0.1, 0.15) is 18.2 Å². The van der Waals surface area contributed by atoms with Gasteiger partial charge in [-0.1, -0.05) is 12.1 Å². The van der Waals surface area contributed by atoms with E-state index in [2.05, 4.69) is 4.99 Å². The van der Waals surface area contributed by atoms with Gasteiger partial charge in [-0.3, -0.25) is 14.7 Å². The molecule has 1 saturated heterocycles. The highest BCUT2D eigenvalue weighted by Crippen LogP contribution is 2.45. The number of hydrogen-bond donors (Lipinski definition) is 1. The van der Waals surface area contributed by atoms with E-state index in [4.69, 9.17) is 7.74 Å². The molecule has 2 atom stereocenters. The van der Waals surface area contributed by atoms with Gasteiger partial charge in [-0.25, -0.2) is 0 Å². The third-order valence-corrected chi connectivity index (χ3v) is 4.81. The molecule has 1 N–H and O–H groups in total. The second-order valence-corrected chi connectivity index (χ2v) is 5.99. The van der Waals surface area contributed by atoms with Gasteiger partial charge < -0.3 is 5.11 Å². The van der Waals surface area contributed by atoms with Crippen molar-refractivity contribution in [2.75, 3.05) is 6.54 Å². The number of fused-ring (bicyclic) bond motifs is 6. The number of rotatable bonds is 0. The van der Waals surface area contributed by atoms with E-state index in [0.29, 0.717) is 17.9 Å². The van der Waals surface area contributed by atoms with E-state index in [1.165, 1.54) is 0 Å². The minimum Gasteiger partial charge on any atom is -0.508 e. The molecule has 0 aromatic heterocycles. The van der Waals surface area contributed by atoms with Crippen LogP contribution in [0, 0.1) is 0 Å². The monoisotopic (exact) mass is 272 g/mol. The molecule has 3 heterocycles. The quantitative estimate of drug-likeness (QED) is 0.733. The van der Waals surface area contributed by atoms with Crippen molar-refractivity contribution in [1.29, 1.82) is 0 Å². The molecule has 2 aromatic carbocycles. The summed E-state index contributed by atoms with van der Waals surface area (Å²) >= 11 is 0. The molecule has 3 aliphatic heterocycles. The SMILES string of the molecule is [B]B1[C@H]2N=C3c4c(ccc5ccc(O)cc45)C(=O)N3C[C@@H]12. The van der Waals surface area contributed by atoms with Gasteiger partial charge in [0, 0.05) is 25.8 Å². The molecule has 2 aromatic rings. The average molecular weight is 272 g/mol. The van der Waals surface area contributed by atoms with Gasteiger partial charge >= 0.3 is 0 Å². The van der Waals surface area contributed by atoms with Crippen molar-refractivity contribution in [2.24, 2.45) is 4.99 Å². The number of carbonyl (C=O) groups excluding carboxylic acids is 1. The van der Waals surface area contributed by atoms with Gasteiger partial charge in [-0.05, 0) is 34.8 Å². The molecular weight excluding hydrogens is 262 g/mol. The second-order valence-electron chi connectivity index (χ2n) is 5.99. The molecule has 21 heavy (non-hydrogen) atoms. The largest absolute Gasteiger partial charge is 0.508 e. The fourth-order valence-electron chi connectivity index (χ4n) is 3.55. The molecule has 6 heteroatoms. The Labute approximate surface area is 122 Å². The third kappa shape index (κ3) is 1.32. The van der Waals surface area contributed by atoms with Crippen molar-refractivity contribution in [3.8, 4) is 5.75 Å². The molecule has 0 saturated carbocycles. The van der Waals surface area contributed by atoms with Crippen LogP contribution in [0.1, 0.15) is 15.9 Å². The first-order valence-corrected chi connectivity index (χ1v) is 7.06. The summed E-state index contributed by atoms with van der Waals surface area (Å²) in [5.74, 6) is 1.35. The van der Waals surface area contributed by atoms with E-state index in [9.17, 15) is 9.90 Å². The Morgan fingerprint density at radius 2 is 2.14 bits per heavy atom. The number of benzene rings is 2. The summed E-state index contributed by atoms with van der Waals surface area (Å²) in [5, 5.41) is 11.6. The van der Waals surface area contributed by atoms with Crippen LogP contribution in [-0.4, -0.2) is 48.6 Å². The lowest BCUT2D eigenvalue weighted by Gasteiger charge is -2.21. The highest BCUT2D eigenvalue weighted by Gasteiger charge is 2.55. The predicted molar refractivity (Wildman–Crippen MR) is 82.2 cm³/mol. The number of phenolic OH excluding ortho intramolecular Hbond substituents is 1. The van der Waals surface area contributed by atoms with Crippen molar-refractivity contribution in [3.05, 3.63) is 41.5 Å². The van der Waals surface area contributed by atoms with E-state index < -0.39 is 0 Å². The molecule has 5 rings (SSSR count). The van der Waals surface area contributed by atoms with Crippen LogP contribution in [0.4, 0.5) is 0 Å². The molecule has 4 nitrogen and oxygen atoms in total. The first-order chi connectivity index (χ1) is 10.1. The second kappa shape index (κ2) is 3.50. The maximum absolute atomic E-state index is 12.6. The van der Waals surface area contributed by atoms with Crippen molar-refractivity contribution >= 4 is 36.9 Å². The molecule has 1 amide bonds. The van der Waals surface area contributed by atoms with Crippen LogP contribution >= 0.6 is 0 Å². The van der Waals surface area contributed by atoms with Crippen molar-refractivity contribution < 1.29 is 9.90 Å².